The van der Waals surface area contributed by atoms with E-state index >= 15 is 0 Å². The smallest absolute Gasteiger partial charge is 0.261 e. The van der Waals surface area contributed by atoms with E-state index in [2.05, 4.69) is 4.72 Å². The Balaban J connectivity index is 2.33. The molecule has 3 nitrogen and oxygen atoms in total. The van der Waals surface area contributed by atoms with Crippen LogP contribution in [0.4, 0.5) is 14.5 Å². The molecule has 0 heterocycles. The summed E-state index contributed by atoms with van der Waals surface area (Å²) in [7, 11) is -3.92. The molecule has 0 aliphatic rings. The predicted molar refractivity (Wildman–Crippen MR) is 68.3 cm³/mol. The molecule has 0 atom stereocenters. The maximum absolute atomic E-state index is 13.6. The zero-order valence-corrected chi connectivity index (χ0v) is 10.8. The molecule has 0 fully saturated rings. The molecule has 100 valence electrons. The van der Waals surface area contributed by atoms with Crippen molar-refractivity contribution in [3.63, 3.8) is 0 Å². The molecule has 0 aliphatic carbocycles. The average Bonchev–Trinajstić information content (AvgIpc) is 2.33. The first kappa shape index (κ1) is 13.5. The number of hydrogen-bond donors (Lipinski definition) is 1. The van der Waals surface area contributed by atoms with Gasteiger partial charge in [0.25, 0.3) is 10.0 Å². The van der Waals surface area contributed by atoms with Crippen molar-refractivity contribution in [1.29, 1.82) is 0 Å². The van der Waals surface area contributed by atoms with Crippen molar-refractivity contribution in [3.8, 4) is 0 Å². The Morgan fingerprint density at radius 1 is 1.00 bits per heavy atom. The quantitative estimate of drug-likeness (QED) is 0.941. The monoisotopic (exact) mass is 283 g/mol. The van der Waals surface area contributed by atoms with E-state index in [1.165, 1.54) is 12.1 Å². The number of hydrogen-bond acceptors (Lipinski definition) is 2. The molecule has 6 heteroatoms. The molecule has 2 rings (SSSR count). The number of anilines is 1. The van der Waals surface area contributed by atoms with E-state index in [1.807, 2.05) is 0 Å². The molecule has 2 aromatic rings. The first-order chi connectivity index (χ1) is 8.88. The number of halogens is 2. The Bertz CT molecular complexity index is 697. The van der Waals surface area contributed by atoms with Crippen molar-refractivity contribution in [2.75, 3.05) is 4.72 Å². The zero-order valence-electron chi connectivity index (χ0n) is 10.0. The minimum Gasteiger partial charge on any atom is -0.277 e. The van der Waals surface area contributed by atoms with E-state index in [4.69, 9.17) is 0 Å². The molecule has 0 bridgehead atoms. The Kier molecular flexibility index (Phi) is 3.53. The second kappa shape index (κ2) is 4.97. The summed E-state index contributed by atoms with van der Waals surface area (Å²) >= 11 is 0. The van der Waals surface area contributed by atoms with Crippen LogP contribution in [0.2, 0.25) is 0 Å². The summed E-state index contributed by atoms with van der Waals surface area (Å²) in [5, 5.41) is 0. The van der Waals surface area contributed by atoms with Gasteiger partial charge in [0.15, 0.2) is 0 Å². The number of sulfonamides is 1. The topological polar surface area (TPSA) is 46.2 Å². The van der Waals surface area contributed by atoms with Crippen LogP contribution in [-0.4, -0.2) is 8.42 Å². The largest absolute Gasteiger partial charge is 0.277 e. The summed E-state index contributed by atoms with van der Waals surface area (Å²) in [6.07, 6.45) is 0. The number of benzene rings is 2. The maximum atomic E-state index is 13.6. The highest BCUT2D eigenvalue weighted by molar-refractivity contribution is 7.92. The molecule has 0 saturated heterocycles. The summed E-state index contributed by atoms with van der Waals surface area (Å²) in [6.45, 7) is 1.70. The van der Waals surface area contributed by atoms with Crippen LogP contribution in [-0.2, 0) is 10.0 Å². The van der Waals surface area contributed by atoms with Gasteiger partial charge in [-0.3, -0.25) is 4.72 Å². The van der Waals surface area contributed by atoms with Crippen molar-refractivity contribution in [1.82, 2.24) is 0 Å². The summed E-state index contributed by atoms with van der Waals surface area (Å²) in [4.78, 5) is -0.131. The van der Waals surface area contributed by atoms with Crippen LogP contribution < -0.4 is 4.72 Å². The summed E-state index contributed by atoms with van der Waals surface area (Å²) in [6, 6.07) is 8.44. The third-order valence-corrected chi connectivity index (χ3v) is 3.87. The highest BCUT2D eigenvalue weighted by Crippen LogP contribution is 2.20. The lowest BCUT2D eigenvalue weighted by atomic mass is 10.2. The third kappa shape index (κ3) is 3.08. The van der Waals surface area contributed by atoms with E-state index in [9.17, 15) is 17.2 Å². The van der Waals surface area contributed by atoms with Crippen LogP contribution >= 0.6 is 0 Å². The number of aryl methyl sites for hydroxylation is 1. The third-order valence-electron chi connectivity index (χ3n) is 2.49. The highest BCUT2D eigenvalue weighted by atomic mass is 32.2. The van der Waals surface area contributed by atoms with Gasteiger partial charge in [-0.05, 0) is 48.9 Å². The van der Waals surface area contributed by atoms with Gasteiger partial charge in [0, 0.05) is 0 Å². The lowest BCUT2D eigenvalue weighted by Gasteiger charge is -2.09. The number of nitrogens with one attached hydrogen (secondary N) is 1. The fourth-order valence-corrected chi connectivity index (χ4v) is 2.59. The van der Waals surface area contributed by atoms with Gasteiger partial charge in [0.05, 0.1) is 10.6 Å². The SMILES string of the molecule is Cc1ccc(NS(=O)(=O)c2ccc(F)cc2)c(F)c1. The minimum atomic E-state index is -3.92. The molecule has 0 amide bonds. The first-order valence-corrected chi connectivity index (χ1v) is 6.91. The Morgan fingerprint density at radius 3 is 2.21 bits per heavy atom. The molecule has 19 heavy (non-hydrogen) atoms. The standard InChI is InChI=1S/C13H11F2NO2S/c1-9-2-7-13(12(15)8-9)16-19(17,18)11-5-3-10(14)4-6-11/h2-8,16H,1H3. The Hall–Kier alpha value is -1.95. The summed E-state index contributed by atoms with van der Waals surface area (Å²) < 4.78 is 52.3. The van der Waals surface area contributed by atoms with Gasteiger partial charge in [-0.1, -0.05) is 6.07 Å². The lowest BCUT2D eigenvalue weighted by Crippen LogP contribution is -2.14. The van der Waals surface area contributed by atoms with Crippen molar-refractivity contribution in [2.24, 2.45) is 0 Å². The summed E-state index contributed by atoms with van der Waals surface area (Å²) in [5.41, 5.74) is 0.539. The van der Waals surface area contributed by atoms with E-state index in [0.717, 1.165) is 24.3 Å². The van der Waals surface area contributed by atoms with E-state index in [0.29, 0.717) is 5.56 Å². The molecular formula is C13H11F2NO2S. The minimum absolute atomic E-state index is 0.131. The molecule has 0 aliphatic heterocycles. The van der Waals surface area contributed by atoms with Gasteiger partial charge in [-0.25, -0.2) is 17.2 Å². The van der Waals surface area contributed by atoms with Crippen molar-refractivity contribution in [2.45, 2.75) is 11.8 Å². The van der Waals surface area contributed by atoms with Crippen LogP contribution in [0.25, 0.3) is 0 Å². The van der Waals surface area contributed by atoms with Crippen LogP contribution in [0.15, 0.2) is 47.4 Å². The second-order valence-corrected chi connectivity index (χ2v) is 5.73. The van der Waals surface area contributed by atoms with E-state index in [-0.39, 0.29) is 10.6 Å². The van der Waals surface area contributed by atoms with Crippen molar-refractivity contribution >= 4 is 15.7 Å². The fraction of sp³-hybridized carbons (Fsp3) is 0.0769. The second-order valence-electron chi connectivity index (χ2n) is 4.04. The highest BCUT2D eigenvalue weighted by Gasteiger charge is 2.16. The molecule has 2 aromatic carbocycles. The normalized spacial score (nSPS) is 11.3. The fourth-order valence-electron chi connectivity index (χ4n) is 1.52. The van der Waals surface area contributed by atoms with Gasteiger partial charge in [0.1, 0.15) is 11.6 Å². The summed E-state index contributed by atoms with van der Waals surface area (Å²) in [5.74, 6) is -1.20. The van der Waals surface area contributed by atoms with Crippen molar-refractivity contribution < 1.29 is 17.2 Å². The Morgan fingerprint density at radius 2 is 1.63 bits per heavy atom. The van der Waals surface area contributed by atoms with Gasteiger partial charge in [-0.2, -0.15) is 0 Å². The number of rotatable bonds is 3. The van der Waals surface area contributed by atoms with E-state index in [1.54, 1.807) is 13.0 Å². The van der Waals surface area contributed by atoms with Crippen molar-refractivity contribution in [3.05, 3.63) is 59.7 Å². The molecule has 0 unspecified atom stereocenters. The van der Waals surface area contributed by atoms with Crippen LogP contribution in [0.5, 0.6) is 0 Å². The average molecular weight is 283 g/mol. The van der Waals surface area contributed by atoms with Crippen LogP contribution in [0.3, 0.4) is 0 Å². The molecule has 0 spiro atoms. The zero-order chi connectivity index (χ0) is 14.0. The van der Waals surface area contributed by atoms with Gasteiger partial charge in [0.2, 0.25) is 0 Å². The maximum Gasteiger partial charge on any atom is 0.261 e. The molecule has 0 aromatic heterocycles. The van der Waals surface area contributed by atoms with Crippen LogP contribution in [0, 0.1) is 18.6 Å². The Labute approximate surface area is 109 Å². The van der Waals surface area contributed by atoms with Crippen LogP contribution in [0.1, 0.15) is 5.56 Å². The van der Waals surface area contributed by atoms with E-state index < -0.39 is 21.7 Å². The first-order valence-electron chi connectivity index (χ1n) is 5.43. The van der Waals surface area contributed by atoms with Gasteiger partial charge in [-0.15, -0.1) is 0 Å². The van der Waals surface area contributed by atoms with Gasteiger partial charge < -0.3 is 0 Å². The molecular weight excluding hydrogens is 272 g/mol. The molecule has 1 N–H and O–H groups in total. The van der Waals surface area contributed by atoms with Gasteiger partial charge >= 0.3 is 0 Å². The predicted octanol–water partition coefficient (Wildman–Crippen LogP) is 3.07. The lowest BCUT2D eigenvalue weighted by molar-refractivity contribution is 0.597. The molecule has 0 saturated carbocycles. The molecule has 0 radical (unpaired) electrons.